The lowest BCUT2D eigenvalue weighted by molar-refractivity contribution is 0.540. The number of thiazole rings is 1. The number of nitrogens with zero attached hydrogens (tertiary/aromatic N) is 2. The van der Waals surface area contributed by atoms with Crippen molar-refractivity contribution in [3.05, 3.63) is 28.2 Å². The highest BCUT2D eigenvalue weighted by Crippen LogP contribution is 2.28. The van der Waals surface area contributed by atoms with Crippen LogP contribution in [0.25, 0.3) is 11.3 Å². The van der Waals surface area contributed by atoms with Gasteiger partial charge in [-0.05, 0) is 6.92 Å². The zero-order valence-corrected chi connectivity index (χ0v) is 9.37. The zero-order chi connectivity index (χ0) is 11.1. The van der Waals surface area contributed by atoms with Crippen molar-refractivity contribution in [2.24, 2.45) is 0 Å². The molecule has 0 saturated carbocycles. The molecular weight excluding hydrogens is 226 g/mol. The van der Waals surface area contributed by atoms with Crippen LogP contribution in [0.1, 0.15) is 17.3 Å². The van der Waals surface area contributed by atoms with Crippen molar-refractivity contribution in [2.75, 3.05) is 5.73 Å². The van der Waals surface area contributed by atoms with E-state index in [1.54, 1.807) is 23.8 Å². The maximum Gasteiger partial charge on any atom is 0.268 e. The third kappa shape index (κ3) is 1.38. The number of nitrogen functional groups attached to an aromatic ring is 1. The van der Waals surface area contributed by atoms with Gasteiger partial charge in [-0.25, -0.2) is 4.98 Å². The van der Waals surface area contributed by atoms with E-state index < -0.39 is 0 Å². The SMILES string of the molecule is Cc1oc2nc(Cc3cscn3)oc2c1N. The van der Waals surface area contributed by atoms with Crippen molar-refractivity contribution in [2.45, 2.75) is 13.3 Å². The first-order chi connectivity index (χ1) is 7.74. The first kappa shape index (κ1) is 9.41. The first-order valence-electron chi connectivity index (χ1n) is 4.75. The Bertz CT molecular complexity index is 624. The molecule has 3 aromatic heterocycles. The lowest BCUT2D eigenvalue weighted by atomic mass is 10.3. The Hall–Kier alpha value is -1.82. The number of hydrogen-bond donors (Lipinski definition) is 1. The van der Waals surface area contributed by atoms with Crippen LogP contribution in [0, 0.1) is 6.92 Å². The molecule has 0 radical (unpaired) electrons. The quantitative estimate of drug-likeness (QED) is 0.737. The van der Waals surface area contributed by atoms with Crippen LogP contribution in [0.4, 0.5) is 5.69 Å². The van der Waals surface area contributed by atoms with E-state index in [0.717, 1.165) is 5.69 Å². The highest BCUT2D eigenvalue weighted by molar-refractivity contribution is 7.07. The Morgan fingerprint density at radius 3 is 3.00 bits per heavy atom. The second-order valence-corrected chi connectivity index (χ2v) is 4.19. The molecule has 0 spiro atoms. The molecule has 2 N–H and O–H groups in total. The number of fused-ring (bicyclic) bond motifs is 1. The summed E-state index contributed by atoms with van der Waals surface area (Å²) in [5.41, 5.74) is 10.0. The van der Waals surface area contributed by atoms with Gasteiger partial charge in [0.1, 0.15) is 11.4 Å². The molecule has 0 saturated heterocycles. The molecule has 3 aromatic rings. The Labute approximate surface area is 94.9 Å². The van der Waals surface area contributed by atoms with E-state index in [0.29, 0.717) is 35.1 Å². The van der Waals surface area contributed by atoms with E-state index in [9.17, 15) is 0 Å². The number of nitrogens with two attached hydrogens (primary N) is 1. The number of aryl methyl sites for hydroxylation is 1. The van der Waals surface area contributed by atoms with E-state index in [-0.39, 0.29) is 0 Å². The van der Waals surface area contributed by atoms with Gasteiger partial charge in [0, 0.05) is 5.38 Å². The Kier molecular flexibility index (Phi) is 1.97. The summed E-state index contributed by atoms with van der Waals surface area (Å²) in [4.78, 5) is 8.38. The summed E-state index contributed by atoms with van der Waals surface area (Å²) < 4.78 is 10.9. The largest absolute Gasteiger partial charge is 0.438 e. The van der Waals surface area contributed by atoms with E-state index >= 15 is 0 Å². The predicted octanol–water partition coefficient (Wildman–Crippen LogP) is 2.36. The average molecular weight is 235 g/mol. The molecule has 5 nitrogen and oxygen atoms in total. The van der Waals surface area contributed by atoms with Gasteiger partial charge < -0.3 is 14.6 Å². The number of anilines is 1. The van der Waals surface area contributed by atoms with Gasteiger partial charge in [0.05, 0.1) is 17.6 Å². The van der Waals surface area contributed by atoms with E-state index in [4.69, 9.17) is 14.6 Å². The molecule has 3 rings (SSSR count). The van der Waals surface area contributed by atoms with Gasteiger partial charge in [0.2, 0.25) is 11.5 Å². The number of rotatable bonds is 2. The van der Waals surface area contributed by atoms with Crippen LogP contribution >= 0.6 is 11.3 Å². The van der Waals surface area contributed by atoms with Gasteiger partial charge in [-0.1, -0.05) is 0 Å². The minimum atomic E-state index is 0.459. The third-order valence-corrected chi connectivity index (χ3v) is 2.97. The molecule has 82 valence electrons. The van der Waals surface area contributed by atoms with E-state index in [2.05, 4.69) is 9.97 Å². The van der Waals surface area contributed by atoms with E-state index in [1.807, 2.05) is 5.38 Å². The predicted molar refractivity (Wildman–Crippen MR) is 60.3 cm³/mol. The fourth-order valence-corrected chi connectivity index (χ4v) is 2.06. The number of oxazole rings is 1. The van der Waals surface area contributed by atoms with Gasteiger partial charge in [-0.3, -0.25) is 0 Å². The molecular formula is C10H9N3O2S. The normalized spacial score (nSPS) is 11.3. The third-order valence-electron chi connectivity index (χ3n) is 2.33. The van der Waals surface area contributed by atoms with Crippen molar-refractivity contribution in [3.8, 4) is 0 Å². The summed E-state index contributed by atoms with van der Waals surface area (Å²) in [5, 5.41) is 1.96. The lowest BCUT2D eigenvalue weighted by Gasteiger charge is -1.90. The van der Waals surface area contributed by atoms with Gasteiger partial charge in [-0.15, -0.1) is 11.3 Å². The topological polar surface area (TPSA) is 78.1 Å². The summed E-state index contributed by atoms with van der Waals surface area (Å²) in [7, 11) is 0. The van der Waals surface area contributed by atoms with Crippen LogP contribution in [0.5, 0.6) is 0 Å². The first-order valence-corrected chi connectivity index (χ1v) is 5.69. The molecule has 0 unspecified atom stereocenters. The second kappa shape index (κ2) is 3.34. The van der Waals surface area contributed by atoms with Crippen LogP contribution in [0.3, 0.4) is 0 Å². The fraction of sp³-hybridized carbons (Fsp3) is 0.200. The number of aromatic nitrogens is 2. The van der Waals surface area contributed by atoms with Crippen LogP contribution < -0.4 is 5.73 Å². The molecule has 0 aromatic carbocycles. The molecule has 0 aliphatic heterocycles. The van der Waals surface area contributed by atoms with Gasteiger partial charge in [0.15, 0.2) is 0 Å². The van der Waals surface area contributed by atoms with Crippen molar-refractivity contribution in [3.63, 3.8) is 0 Å². The summed E-state index contributed by atoms with van der Waals surface area (Å²) in [5.74, 6) is 1.22. The standard InChI is InChI=1S/C10H9N3O2S/c1-5-8(11)9-10(14-5)13-7(15-9)2-6-3-16-4-12-6/h3-4H,2,11H2,1H3. The molecule has 3 heterocycles. The van der Waals surface area contributed by atoms with E-state index in [1.165, 1.54) is 0 Å². The highest BCUT2D eigenvalue weighted by atomic mass is 32.1. The Morgan fingerprint density at radius 2 is 2.31 bits per heavy atom. The molecule has 0 amide bonds. The monoisotopic (exact) mass is 235 g/mol. The minimum absolute atomic E-state index is 0.459. The van der Waals surface area contributed by atoms with Crippen LogP contribution in [-0.4, -0.2) is 9.97 Å². The van der Waals surface area contributed by atoms with Crippen molar-refractivity contribution >= 4 is 28.3 Å². The number of hydrogen-bond acceptors (Lipinski definition) is 6. The molecule has 6 heteroatoms. The summed E-state index contributed by atoms with van der Waals surface area (Å²) in [6, 6.07) is 0. The van der Waals surface area contributed by atoms with Gasteiger partial charge in [-0.2, -0.15) is 4.98 Å². The smallest absolute Gasteiger partial charge is 0.268 e. The Morgan fingerprint density at radius 1 is 1.44 bits per heavy atom. The van der Waals surface area contributed by atoms with Crippen LogP contribution in [0.2, 0.25) is 0 Å². The summed E-state index contributed by atoms with van der Waals surface area (Å²) >= 11 is 1.54. The molecule has 0 aliphatic carbocycles. The minimum Gasteiger partial charge on any atom is -0.438 e. The fourth-order valence-electron chi connectivity index (χ4n) is 1.50. The van der Waals surface area contributed by atoms with Crippen molar-refractivity contribution in [1.82, 2.24) is 9.97 Å². The summed E-state index contributed by atoms with van der Waals surface area (Å²) in [6.07, 6.45) is 0.562. The molecule has 16 heavy (non-hydrogen) atoms. The highest BCUT2D eigenvalue weighted by Gasteiger charge is 2.16. The Balaban J connectivity index is 2.00. The number of furan rings is 1. The summed E-state index contributed by atoms with van der Waals surface area (Å²) in [6.45, 7) is 1.78. The van der Waals surface area contributed by atoms with Crippen LogP contribution in [-0.2, 0) is 6.42 Å². The lowest BCUT2D eigenvalue weighted by Crippen LogP contribution is -1.88. The van der Waals surface area contributed by atoms with Crippen molar-refractivity contribution in [1.29, 1.82) is 0 Å². The van der Waals surface area contributed by atoms with Crippen molar-refractivity contribution < 1.29 is 8.83 Å². The molecule has 0 atom stereocenters. The van der Waals surface area contributed by atoms with Gasteiger partial charge in [0.25, 0.3) is 5.71 Å². The van der Waals surface area contributed by atoms with Gasteiger partial charge >= 0.3 is 0 Å². The maximum absolute atomic E-state index is 5.78. The second-order valence-electron chi connectivity index (χ2n) is 3.47. The molecule has 0 bridgehead atoms. The maximum atomic E-state index is 5.78. The molecule has 0 aliphatic rings. The average Bonchev–Trinajstić information content (AvgIpc) is 2.91. The van der Waals surface area contributed by atoms with Crippen LogP contribution in [0.15, 0.2) is 19.7 Å². The molecule has 0 fully saturated rings. The zero-order valence-electron chi connectivity index (χ0n) is 8.56.